The van der Waals surface area contributed by atoms with Crippen LogP contribution in [-0.2, 0) is 4.79 Å². The smallest absolute Gasteiger partial charge is 0.222 e. The minimum absolute atomic E-state index is 0.0370. The highest BCUT2D eigenvalue weighted by Crippen LogP contribution is 2.48. The third kappa shape index (κ3) is 4.08. The van der Waals surface area contributed by atoms with E-state index in [4.69, 9.17) is 4.99 Å². The Bertz CT molecular complexity index is 546. The van der Waals surface area contributed by atoms with Crippen molar-refractivity contribution in [2.75, 3.05) is 32.8 Å². The molecule has 0 aromatic heterocycles. The van der Waals surface area contributed by atoms with E-state index in [9.17, 15) is 9.90 Å². The van der Waals surface area contributed by atoms with Gasteiger partial charge in [0.2, 0.25) is 5.91 Å². The van der Waals surface area contributed by atoms with Crippen molar-refractivity contribution in [3.63, 3.8) is 0 Å². The first-order valence-electron chi connectivity index (χ1n) is 10.1. The highest BCUT2D eigenvalue weighted by molar-refractivity contribution is 5.89. The molecule has 5 nitrogen and oxygen atoms in total. The molecular formula is C21H39N3O2. The number of carbonyl (C=O) groups excluding carboxylic acids is 1. The molecule has 150 valence electrons. The van der Waals surface area contributed by atoms with Crippen LogP contribution in [0.1, 0.15) is 67.7 Å². The fourth-order valence-electron chi connectivity index (χ4n) is 4.34. The van der Waals surface area contributed by atoms with Crippen molar-refractivity contribution in [2.24, 2.45) is 21.2 Å². The monoisotopic (exact) mass is 365 g/mol. The minimum Gasteiger partial charge on any atom is -0.395 e. The van der Waals surface area contributed by atoms with Crippen LogP contribution in [0.25, 0.3) is 0 Å². The Morgan fingerprint density at radius 2 is 1.77 bits per heavy atom. The molecule has 0 aromatic carbocycles. The van der Waals surface area contributed by atoms with Crippen molar-refractivity contribution < 1.29 is 9.90 Å². The molecule has 1 unspecified atom stereocenters. The van der Waals surface area contributed by atoms with Crippen LogP contribution in [0.2, 0.25) is 0 Å². The molecule has 0 spiro atoms. The van der Waals surface area contributed by atoms with E-state index in [0.717, 1.165) is 38.3 Å². The maximum atomic E-state index is 12.5. The summed E-state index contributed by atoms with van der Waals surface area (Å²) >= 11 is 0. The summed E-state index contributed by atoms with van der Waals surface area (Å²) in [5.74, 6) is 1.41. The number of nitrogens with zero attached hydrogens (tertiary/aromatic N) is 3. The van der Waals surface area contributed by atoms with Gasteiger partial charge < -0.3 is 14.9 Å². The van der Waals surface area contributed by atoms with Crippen molar-refractivity contribution >= 4 is 11.7 Å². The molecule has 26 heavy (non-hydrogen) atoms. The molecule has 1 amide bonds. The lowest BCUT2D eigenvalue weighted by Gasteiger charge is -2.49. The molecule has 1 atom stereocenters. The molecule has 0 aliphatic carbocycles. The number of amidine groups is 1. The van der Waals surface area contributed by atoms with Gasteiger partial charge in [0.25, 0.3) is 0 Å². The van der Waals surface area contributed by atoms with Gasteiger partial charge in [-0.25, -0.2) is 0 Å². The summed E-state index contributed by atoms with van der Waals surface area (Å²) in [4.78, 5) is 21.6. The van der Waals surface area contributed by atoms with Crippen molar-refractivity contribution in [2.45, 2.75) is 73.8 Å². The van der Waals surface area contributed by atoms with Crippen LogP contribution >= 0.6 is 0 Å². The molecule has 0 aromatic rings. The van der Waals surface area contributed by atoms with Gasteiger partial charge in [-0.1, -0.05) is 48.5 Å². The lowest BCUT2D eigenvalue weighted by molar-refractivity contribution is -0.133. The van der Waals surface area contributed by atoms with Gasteiger partial charge in [-0.05, 0) is 23.7 Å². The third-order valence-corrected chi connectivity index (χ3v) is 6.74. The van der Waals surface area contributed by atoms with Crippen LogP contribution in [0.15, 0.2) is 4.99 Å². The van der Waals surface area contributed by atoms with Gasteiger partial charge >= 0.3 is 0 Å². The number of likely N-dealkylation sites (tertiary alicyclic amines) is 1. The molecule has 1 saturated heterocycles. The Morgan fingerprint density at radius 3 is 2.27 bits per heavy atom. The number of aliphatic imine (C=N–C) groups is 1. The van der Waals surface area contributed by atoms with E-state index < -0.39 is 0 Å². The largest absolute Gasteiger partial charge is 0.395 e. The first-order valence-corrected chi connectivity index (χ1v) is 10.1. The van der Waals surface area contributed by atoms with Gasteiger partial charge in [-0.2, -0.15) is 0 Å². The fourth-order valence-corrected chi connectivity index (χ4v) is 4.34. The normalized spacial score (nSPS) is 20.8. The predicted molar refractivity (Wildman–Crippen MR) is 107 cm³/mol. The SMILES string of the molecule is CC(C)(C)C(CC(C)(C)C(C)(C)C1=NCCN1CCO)N1CCCC1=O. The quantitative estimate of drug-likeness (QED) is 0.754. The van der Waals surface area contributed by atoms with E-state index >= 15 is 0 Å². The summed E-state index contributed by atoms with van der Waals surface area (Å²) in [5.41, 5.74) is -0.134. The number of hydrogen-bond acceptors (Lipinski definition) is 4. The van der Waals surface area contributed by atoms with E-state index in [1.807, 2.05) is 0 Å². The summed E-state index contributed by atoms with van der Waals surface area (Å²) in [6.07, 6.45) is 2.61. The number of aliphatic hydroxyl groups is 1. The second-order valence-corrected chi connectivity index (χ2v) is 10.2. The van der Waals surface area contributed by atoms with Gasteiger partial charge in [-0.15, -0.1) is 0 Å². The molecule has 2 aliphatic rings. The molecule has 5 heteroatoms. The molecule has 1 N–H and O–H groups in total. The van der Waals surface area contributed by atoms with Crippen LogP contribution in [0.4, 0.5) is 0 Å². The average Bonchev–Trinajstić information content (AvgIpc) is 3.13. The molecule has 0 bridgehead atoms. The van der Waals surface area contributed by atoms with Crippen molar-refractivity contribution in [3.8, 4) is 0 Å². The first kappa shape index (κ1) is 21.2. The Labute approximate surface area is 159 Å². The summed E-state index contributed by atoms with van der Waals surface area (Å²) in [7, 11) is 0. The Hall–Kier alpha value is -1.10. The molecule has 1 fully saturated rings. The summed E-state index contributed by atoms with van der Waals surface area (Å²) in [6, 6.07) is 0.222. The topological polar surface area (TPSA) is 56.1 Å². The van der Waals surface area contributed by atoms with E-state index in [2.05, 4.69) is 58.3 Å². The number of aliphatic hydroxyl groups excluding tert-OH is 1. The van der Waals surface area contributed by atoms with Crippen LogP contribution in [0.5, 0.6) is 0 Å². The Balaban J connectivity index is 2.27. The van der Waals surface area contributed by atoms with Crippen LogP contribution < -0.4 is 0 Å². The van der Waals surface area contributed by atoms with Crippen molar-refractivity contribution in [1.29, 1.82) is 0 Å². The molecule has 2 rings (SSSR count). The zero-order valence-corrected chi connectivity index (χ0v) is 17.9. The van der Waals surface area contributed by atoms with E-state index in [1.165, 1.54) is 0 Å². The zero-order chi connectivity index (χ0) is 19.8. The van der Waals surface area contributed by atoms with E-state index in [0.29, 0.717) is 18.9 Å². The molecule has 0 saturated carbocycles. The second kappa shape index (κ2) is 7.49. The summed E-state index contributed by atoms with van der Waals surface area (Å²) in [5, 5.41) is 9.40. The number of β-amino-alcohol motifs (C(OH)–C–C–N with tert-alkyl or cyclic N) is 1. The van der Waals surface area contributed by atoms with Gasteiger partial charge in [-0.3, -0.25) is 9.79 Å². The lowest BCUT2D eigenvalue weighted by Crippen LogP contribution is -2.53. The van der Waals surface area contributed by atoms with Crippen molar-refractivity contribution in [1.82, 2.24) is 9.80 Å². The van der Waals surface area contributed by atoms with Gasteiger partial charge in [0.05, 0.1) is 13.2 Å². The van der Waals surface area contributed by atoms with Crippen LogP contribution in [0, 0.1) is 16.2 Å². The third-order valence-electron chi connectivity index (χ3n) is 6.74. The van der Waals surface area contributed by atoms with Crippen LogP contribution in [0.3, 0.4) is 0 Å². The van der Waals surface area contributed by atoms with E-state index in [-0.39, 0.29) is 28.9 Å². The average molecular weight is 366 g/mol. The van der Waals surface area contributed by atoms with Gasteiger partial charge in [0.15, 0.2) is 0 Å². The number of amides is 1. The molecule has 2 aliphatic heterocycles. The number of carbonyl (C=O) groups is 1. The zero-order valence-electron chi connectivity index (χ0n) is 17.9. The Morgan fingerprint density at radius 1 is 1.12 bits per heavy atom. The first-order chi connectivity index (χ1) is 11.9. The van der Waals surface area contributed by atoms with Gasteiger partial charge in [0.1, 0.15) is 5.84 Å². The Kier molecular flexibility index (Phi) is 6.11. The summed E-state index contributed by atoms with van der Waals surface area (Å²) < 4.78 is 0. The second-order valence-electron chi connectivity index (χ2n) is 10.2. The maximum absolute atomic E-state index is 12.5. The standard InChI is InChI=1S/C21H39N3O2/c1-19(2,3)16(24-11-8-9-17(24)26)15-20(4,5)21(6,7)18-22-10-12-23(18)13-14-25/h16,25H,8-15H2,1-7H3. The number of rotatable bonds is 7. The van der Waals surface area contributed by atoms with Crippen LogP contribution in [-0.4, -0.2) is 65.5 Å². The van der Waals surface area contributed by atoms with Gasteiger partial charge in [0, 0.05) is 37.5 Å². The molecule has 0 radical (unpaired) electrons. The van der Waals surface area contributed by atoms with E-state index in [1.54, 1.807) is 0 Å². The maximum Gasteiger partial charge on any atom is 0.222 e. The number of hydrogen-bond donors (Lipinski definition) is 1. The predicted octanol–water partition coefficient (Wildman–Crippen LogP) is 3.17. The molecular weight excluding hydrogens is 326 g/mol. The molecule has 2 heterocycles. The minimum atomic E-state index is -0.134. The highest BCUT2D eigenvalue weighted by atomic mass is 16.3. The highest BCUT2D eigenvalue weighted by Gasteiger charge is 2.48. The fraction of sp³-hybridized carbons (Fsp3) is 0.905. The summed E-state index contributed by atoms with van der Waals surface area (Å²) in [6.45, 7) is 19.3. The van der Waals surface area contributed by atoms with Crippen molar-refractivity contribution in [3.05, 3.63) is 0 Å². The lowest BCUT2D eigenvalue weighted by atomic mass is 9.61.